The minimum Gasteiger partial charge on any atom is -0.481 e. The number of carboxylic acids is 1. The summed E-state index contributed by atoms with van der Waals surface area (Å²) in [5, 5.41) is 9.13. The van der Waals surface area contributed by atoms with Crippen molar-refractivity contribution in [2.24, 2.45) is 11.8 Å². The van der Waals surface area contributed by atoms with E-state index in [4.69, 9.17) is 5.11 Å². The van der Waals surface area contributed by atoms with Crippen LogP contribution in [0.1, 0.15) is 20.3 Å². The van der Waals surface area contributed by atoms with Crippen LogP contribution in [0.5, 0.6) is 0 Å². The van der Waals surface area contributed by atoms with Gasteiger partial charge in [-0.2, -0.15) is 0 Å². The summed E-state index contributed by atoms with van der Waals surface area (Å²) < 4.78 is 49.7. The van der Waals surface area contributed by atoms with E-state index in [2.05, 4.69) is 4.72 Å². The lowest BCUT2D eigenvalue weighted by molar-refractivity contribution is -0.142. The quantitative estimate of drug-likeness (QED) is 0.714. The van der Waals surface area contributed by atoms with Gasteiger partial charge in [0.15, 0.2) is 9.84 Å². The molecule has 1 aromatic rings. The monoisotopic (exact) mass is 363 g/mol. The Bertz CT molecular complexity index is 768. The molecule has 0 amide bonds. The van der Waals surface area contributed by atoms with E-state index in [-0.39, 0.29) is 22.3 Å². The molecule has 9 heteroatoms. The number of hydrogen-bond donors (Lipinski definition) is 2. The molecule has 0 aliphatic heterocycles. The van der Waals surface area contributed by atoms with Crippen LogP contribution in [0.3, 0.4) is 0 Å². The number of aliphatic carboxylic acids is 1. The van der Waals surface area contributed by atoms with Crippen LogP contribution in [-0.2, 0) is 24.7 Å². The number of sulfone groups is 1. The molecule has 1 rings (SSSR count). The summed E-state index contributed by atoms with van der Waals surface area (Å²) in [6.07, 6.45) is 1.32. The van der Waals surface area contributed by atoms with Crippen LogP contribution in [0.4, 0.5) is 0 Å². The van der Waals surface area contributed by atoms with E-state index in [1.54, 1.807) is 0 Å². The van der Waals surface area contributed by atoms with Gasteiger partial charge in [0, 0.05) is 12.8 Å². The predicted molar refractivity (Wildman–Crippen MR) is 85.3 cm³/mol. The molecule has 0 heterocycles. The highest BCUT2D eigenvalue weighted by Crippen LogP contribution is 2.17. The van der Waals surface area contributed by atoms with Crippen LogP contribution < -0.4 is 4.72 Å². The van der Waals surface area contributed by atoms with Crippen LogP contribution >= 0.6 is 0 Å². The van der Waals surface area contributed by atoms with Gasteiger partial charge in [0.05, 0.1) is 15.7 Å². The number of carbonyl (C=O) groups is 1. The molecule has 2 N–H and O–H groups in total. The SMILES string of the molecule is CC(C)CC(CNS(=O)(=O)c1cccc(S(C)(=O)=O)c1)C(=O)O. The summed E-state index contributed by atoms with van der Waals surface area (Å²) in [4.78, 5) is 10.8. The number of hydrogen-bond acceptors (Lipinski definition) is 5. The van der Waals surface area contributed by atoms with Crippen molar-refractivity contribution >= 4 is 25.8 Å². The highest BCUT2D eigenvalue weighted by molar-refractivity contribution is 7.91. The molecule has 0 spiro atoms. The van der Waals surface area contributed by atoms with E-state index in [0.29, 0.717) is 6.42 Å². The Balaban J connectivity index is 2.98. The largest absolute Gasteiger partial charge is 0.481 e. The van der Waals surface area contributed by atoms with Crippen LogP contribution in [0.2, 0.25) is 0 Å². The predicted octanol–water partition coefficient (Wildman–Crippen LogP) is 1.12. The maximum Gasteiger partial charge on any atom is 0.307 e. The average Bonchev–Trinajstić information content (AvgIpc) is 2.42. The molecule has 7 nitrogen and oxygen atoms in total. The van der Waals surface area contributed by atoms with E-state index in [0.717, 1.165) is 12.3 Å². The lowest BCUT2D eigenvalue weighted by Crippen LogP contribution is -2.33. The Morgan fingerprint density at radius 3 is 2.22 bits per heavy atom. The Morgan fingerprint density at radius 1 is 1.17 bits per heavy atom. The fourth-order valence-corrected chi connectivity index (χ4v) is 3.87. The molecule has 0 saturated carbocycles. The topological polar surface area (TPSA) is 118 Å². The lowest BCUT2D eigenvalue weighted by Gasteiger charge is -2.15. The minimum absolute atomic E-state index is 0.106. The van der Waals surface area contributed by atoms with E-state index in [9.17, 15) is 21.6 Å². The number of benzene rings is 1. The van der Waals surface area contributed by atoms with Crippen molar-refractivity contribution in [3.8, 4) is 0 Å². The second-order valence-corrected chi connectivity index (χ2v) is 9.55. The van der Waals surface area contributed by atoms with Crippen LogP contribution in [0.15, 0.2) is 34.1 Å². The van der Waals surface area contributed by atoms with Crippen molar-refractivity contribution in [3.05, 3.63) is 24.3 Å². The van der Waals surface area contributed by atoms with Crippen molar-refractivity contribution in [2.75, 3.05) is 12.8 Å². The van der Waals surface area contributed by atoms with E-state index < -0.39 is 31.7 Å². The molecule has 1 aromatic carbocycles. The van der Waals surface area contributed by atoms with Gasteiger partial charge in [-0.3, -0.25) is 4.79 Å². The Labute approximate surface area is 136 Å². The molecule has 0 radical (unpaired) electrons. The summed E-state index contributed by atoms with van der Waals surface area (Å²) >= 11 is 0. The van der Waals surface area contributed by atoms with Crippen LogP contribution in [-0.4, -0.2) is 40.7 Å². The molecular formula is C14H21NO6S2. The molecular weight excluding hydrogens is 342 g/mol. The first kappa shape index (κ1) is 19.6. The van der Waals surface area contributed by atoms with Gasteiger partial charge in [0.25, 0.3) is 0 Å². The van der Waals surface area contributed by atoms with Crippen molar-refractivity contribution in [1.29, 1.82) is 0 Å². The molecule has 0 bridgehead atoms. The summed E-state index contributed by atoms with van der Waals surface area (Å²) in [5.74, 6) is -1.82. The normalized spacial score (nSPS) is 13.9. The maximum absolute atomic E-state index is 12.2. The second-order valence-electron chi connectivity index (χ2n) is 5.76. The standard InChI is InChI=1S/C14H21NO6S2/c1-10(2)7-11(14(16)17)9-15-23(20,21)13-6-4-5-12(8-13)22(3,18)19/h4-6,8,10-11,15H,7,9H2,1-3H3,(H,16,17). The van der Waals surface area contributed by atoms with Crippen molar-refractivity contribution in [1.82, 2.24) is 4.72 Å². The highest BCUT2D eigenvalue weighted by atomic mass is 32.2. The van der Waals surface area contributed by atoms with Gasteiger partial charge >= 0.3 is 5.97 Å². The van der Waals surface area contributed by atoms with Gasteiger partial charge in [-0.1, -0.05) is 19.9 Å². The summed E-state index contributed by atoms with van der Waals surface area (Å²) in [5.41, 5.74) is 0. The van der Waals surface area contributed by atoms with Crippen LogP contribution in [0, 0.1) is 11.8 Å². The first-order valence-corrected chi connectivity index (χ1v) is 10.3. The zero-order valence-corrected chi connectivity index (χ0v) is 14.8. The lowest BCUT2D eigenvalue weighted by atomic mass is 9.98. The number of rotatable bonds is 8. The van der Waals surface area contributed by atoms with Gasteiger partial charge in [0.2, 0.25) is 10.0 Å². The summed E-state index contributed by atoms with van der Waals surface area (Å²) in [6.45, 7) is 3.44. The Morgan fingerprint density at radius 2 is 1.74 bits per heavy atom. The molecule has 0 aliphatic rings. The van der Waals surface area contributed by atoms with Gasteiger partial charge in [-0.25, -0.2) is 21.6 Å². The summed E-state index contributed by atoms with van der Waals surface area (Å²) in [7, 11) is -7.52. The molecule has 1 unspecified atom stereocenters. The maximum atomic E-state index is 12.2. The van der Waals surface area contributed by atoms with Gasteiger partial charge in [-0.05, 0) is 30.5 Å². The average molecular weight is 363 g/mol. The van der Waals surface area contributed by atoms with Crippen molar-refractivity contribution < 1.29 is 26.7 Å². The molecule has 0 aliphatic carbocycles. The fourth-order valence-electron chi connectivity index (χ4n) is 2.01. The second kappa shape index (κ2) is 7.41. The zero-order chi connectivity index (χ0) is 17.8. The minimum atomic E-state index is -3.99. The van der Waals surface area contributed by atoms with Crippen LogP contribution in [0.25, 0.3) is 0 Å². The third-order valence-corrected chi connectivity index (χ3v) is 5.70. The van der Waals surface area contributed by atoms with E-state index in [1.165, 1.54) is 18.2 Å². The third-order valence-electron chi connectivity index (χ3n) is 3.17. The Kier molecular flexibility index (Phi) is 6.32. The van der Waals surface area contributed by atoms with E-state index >= 15 is 0 Å². The fraction of sp³-hybridized carbons (Fsp3) is 0.500. The molecule has 130 valence electrons. The third kappa shape index (κ3) is 5.92. The number of sulfonamides is 1. The molecule has 0 fully saturated rings. The molecule has 23 heavy (non-hydrogen) atoms. The molecule has 0 aromatic heterocycles. The number of nitrogens with one attached hydrogen (secondary N) is 1. The zero-order valence-electron chi connectivity index (χ0n) is 13.2. The first-order valence-electron chi connectivity index (χ1n) is 6.96. The van der Waals surface area contributed by atoms with Crippen molar-refractivity contribution in [2.45, 2.75) is 30.1 Å². The van der Waals surface area contributed by atoms with Gasteiger partial charge < -0.3 is 5.11 Å². The Hall–Kier alpha value is -1.45. The smallest absolute Gasteiger partial charge is 0.307 e. The molecule has 1 atom stereocenters. The summed E-state index contributed by atoms with van der Waals surface area (Å²) in [6, 6.07) is 4.94. The highest BCUT2D eigenvalue weighted by Gasteiger charge is 2.23. The van der Waals surface area contributed by atoms with Crippen molar-refractivity contribution in [3.63, 3.8) is 0 Å². The first-order chi connectivity index (χ1) is 10.4. The van der Waals surface area contributed by atoms with Gasteiger partial charge in [0.1, 0.15) is 0 Å². The van der Waals surface area contributed by atoms with Gasteiger partial charge in [-0.15, -0.1) is 0 Å². The number of carboxylic acid groups (broad SMARTS) is 1. The van der Waals surface area contributed by atoms with E-state index in [1.807, 2.05) is 13.8 Å². The molecule has 0 saturated heterocycles.